The summed E-state index contributed by atoms with van der Waals surface area (Å²) in [4.78, 5) is 14.4. The zero-order valence-corrected chi connectivity index (χ0v) is 15.9. The van der Waals surface area contributed by atoms with Crippen LogP contribution in [0.3, 0.4) is 0 Å². The second-order valence-corrected chi connectivity index (χ2v) is 6.75. The number of nitrogens with one attached hydrogen (secondary N) is 1. The van der Waals surface area contributed by atoms with E-state index in [1.54, 1.807) is 12.1 Å². The van der Waals surface area contributed by atoms with Crippen LogP contribution in [0.4, 0.5) is 4.39 Å². The van der Waals surface area contributed by atoms with Crippen LogP contribution in [0.2, 0.25) is 0 Å². The SMILES string of the molecule is CN(C)Cc1ccc(CNC(=O)c2ccc(COc3ccc(F)cc3)o2)cc1. The van der Waals surface area contributed by atoms with E-state index < -0.39 is 0 Å². The normalized spacial score (nSPS) is 10.9. The van der Waals surface area contributed by atoms with Crippen molar-refractivity contribution in [2.45, 2.75) is 19.7 Å². The van der Waals surface area contributed by atoms with Gasteiger partial charge in [0.15, 0.2) is 5.76 Å². The highest BCUT2D eigenvalue weighted by Crippen LogP contribution is 2.15. The molecular weight excluding hydrogens is 359 g/mol. The van der Waals surface area contributed by atoms with Gasteiger partial charge in [-0.15, -0.1) is 0 Å². The molecule has 146 valence electrons. The molecule has 0 aliphatic carbocycles. The van der Waals surface area contributed by atoms with E-state index in [0.29, 0.717) is 18.1 Å². The van der Waals surface area contributed by atoms with Gasteiger partial charge in [0.05, 0.1) is 0 Å². The van der Waals surface area contributed by atoms with E-state index in [1.165, 1.54) is 29.8 Å². The Bertz CT molecular complexity index is 902. The molecule has 0 bridgehead atoms. The third-order valence-electron chi connectivity index (χ3n) is 4.06. The average molecular weight is 382 g/mol. The molecule has 0 saturated heterocycles. The van der Waals surface area contributed by atoms with E-state index in [9.17, 15) is 9.18 Å². The standard InChI is InChI=1S/C22H23FN2O3/c1-25(2)14-17-5-3-16(4-6-17)13-24-22(26)21-12-11-20(28-21)15-27-19-9-7-18(23)8-10-19/h3-12H,13-15H2,1-2H3,(H,24,26). The predicted molar refractivity (Wildman–Crippen MR) is 104 cm³/mol. The van der Waals surface area contributed by atoms with Gasteiger partial charge < -0.3 is 19.4 Å². The van der Waals surface area contributed by atoms with E-state index in [2.05, 4.69) is 22.3 Å². The van der Waals surface area contributed by atoms with Crippen LogP contribution < -0.4 is 10.1 Å². The van der Waals surface area contributed by atoms with Crippen LogP contribution >= 0.6 is 0 Å². The second-order valence-electron chi connectivity index (χ2n) is 6.75. The molecule has 2 aromatic carbocycles. The Morgan fingerprint density at radius 3 is 2.36 bits per heavy atom. The number of halogens is 1. The van der Waals surface area contributed by atoms with Crippen LogP contribution in [0.5, 0.6) is 5.75 Å². The molecule has 0 unspecified atom stereocenters. The first-order valence-electron chi connectivity index (χ1n) is 8.97. The highest BCUT2D eigenvalue weighted by molar-refractivity contribution is 5.91. The molecule has 0 saturated carbocycles. The van der Waals surface area contributed by atoms with E-state index in [-0.39, 0.29) is 24.1 Å². The summed E-state index contributed by atoms with van der Waals surface area (Å²) >= 11 is 0. The molecule has 6 heteroatoms. The second kappa shape index (κ2) is 9.19. The lowest BCUT2D eigenvalue weighted by molar-refractivity contribution is 0.0919. The van der Waals surface area contributed by atoms with Gasteiger partial charge in [0.1, 0.15) is 23.9 Å². The minimum atomic E-state index is -0.323. The van der Waals surface area contributed by atoms with Crippen molar-refractivity contribution in [2.75, 3.05) is 14.1 Å². The Labute approximate surface area is 163 Å². The first kappa shape index (κ1) is 19.6. The summed E-state index contributed by atoms with van der Waals surface area (Å²) in [5.74, 6) is 0.660. The lowest BCUT2D eigenvalue weighted by atomic mass is 10.1. The quantitative estimate of drug-likeness (QED) is 0.640. The maximum atomic E-state index is 12.9. The largest absolute Gasteiger partial charge is 0.486 e. The van der Waals surface area contributed by atoms with Gasteiger partial charge in [0, 0.05) is 13.1 Å². The van der Waals surface area contributed by atoms with Gasteiger partial charge in [0.2, 0.25) is 0 Å². The van der Waals surface area contributed by atoms with Gasteiger partial charge in [-0.25, -0.2) is 4.39 Å². The smallest absolute Gasteiger partial charge is 0.287 e. The molecule has 5 nitrogen and oxygen atoms in total. The minimum Gasteiger partial charge on any atom is -0.486 e. The van der Waals surface area contributed by atoms with E-state index in [1.807, 2.05) is 26.2 Å². The highest BCUT2D eigenvalue weighted by atomic mass is 19.1. The van der Waals surface area contributed by atoms with Crippen molar-refractivity contribution in [3.8, 4) is 5.75 Å². The highest BCUT2D eigenvalue weighted by Gasteiger charge is 2.11. The van der Waals surface area contributed by atoms with Crippen molar-refractivity contribution in [2.24, 2.45) is 0 Å². The van der Waals surface area contributed by atoms with Gasteiger partial charge in [-0.2, -0.15) is 0 Å². The zero-order valence-electron chi connectivity index (χ0n) is 15.9. The topological polar surface area (TPSA) is 54.7 Å². The number of hydrogen-bond acceptors (Lipinski definition) is 4. The van der Waals surface area contributed by atoms with Crippen LogP contribution in [-0.2, 0) is 19.7 Å². The van der Waals surface area contributed by atoms with Crippen molar-refractivity contribution in [3.63, 3.8) is 0 Å². The molecule has 0 aliphatic rings. The molecule has 0 fully saturated rings. The number of carbonyl (C=O) groups excluding carboxylic acids is 1. The van der Waals surface area contributed by atoms with E-state index in [0.717, 1.165) is 12.1 Å². The maximum absolute atomic E-state index is 12.9. The fourth-order valence-corrected chi connectivity index (χ4v) is 2.66. The fraction of sp³-hybridized carbons (Fsp3) is 0.227. The Morgan fingerprint density at radius 2 is 1.68 bits per heavy atom. The molecule has 3 aromatic rings. The predicted octanol–water partition coefficient (Wildman–Crippen LogP) is 3.99. The molecule has 1 aromatic heterocycles. The number of benzene rings is 2. The van der Waals surface area contributed by atoms with Crippen LogP contribution in [0.1, 0.15) is 27.4 Å². The number of rotatable bonds is 8. The molecule has 0 radical (unpaired) electrons. The summed E-state index contributed by atoms with van der Waals surface area (Å²) in [7, 11) is 4.05. The third kappa shape index (κ3) is 5.69. The number of nitrogens with zero attached hydrogens (tertiary/aromatic N) is 1. The molecule has 1 amide bonds. The summed E-state index contributed by atoms with van der Waals surface area (Å²) in [6.07, 6.45) is 0. The Morgan fingerprint density at radius 1 is 1.00 bits per heavy atom. The molecule has 0 spiro atoms. The van der Waals surface area contributed by atoms with Crippen LogP contribution in [0.15, 0.2) is 65.1 Å². The minimum absolute atomic E-state index is 0.159. The maximum Gasteiger partial charge on any atom is 0.287 e. The van der Waals surface area contributed by atoms with Crippen LogP contribution in [-0.4, -0.2) is 24.9 Å². The first-order valence-corrected chi connectivity index (χ1v) is 8.97. The van der Waals surface area contributed by atoms with Gasteiger partial charge in [-0.1, -0.05) is 24.3 Å². The Hall–Kier alpha value is -3.12. The Kier molecular flexibility index (Phi) is 6.45. The number of furan rings is 1. The van der Waals surface area contributed by atoms with Gasteiger partial charge in [0.25, 0.3) is 5.91 Å². The summed E-state index contributed by atoms with van der Waals surface area (Å²) in [5.41, 5.74) is 2.24. The van der Waals surface area contributed by atoms with Gasteiger partial charge in [-0.05, 0) is 61.6 Å². The molecule has 1 N–H and O–H groups in total. The Balaban J connectivity index is 1.49. The van der Waals surface area contributed by atoms with Crippen molar-refractivity contribution in [1.29, 1.82) is 0 Å². The number of amides is 1. The van der Waals surface area contributed by atoms with Gasteiger partial charge >= 0.3 is 0 Å². The lowest BCUT2D eigenvalue weighted by Gasteiger charge is -2.10. The summed E-state index contributed by atoms with van der Waals surface area (Å²) in [6.45, 7) is 1.46. The van der Waals surface area contributed by atoms with E-state index >= 15 is 0 Å². The first-order chi connectivity index (χ1) is 13.5. The van der Waals surface area contributed by atoms with Gasteiger partial charge in [-0.3, -0.25) is 4.79 Å². The van der Waals surface area contributed by atoms with Crippen LogP contribution in [0, 0.1) is 5.82 Å². The number of ether oxygens (including phenoxy) is 1. The summed E-state index contributed by atoms with van der Waals surface area (Å²) in [6, 6.07) is 17.1. The number of hydrogen-bond donors (Lipinski definition) is 1. The third-order valence-corrected chi connectivity index (χ3v) is 4.06. The average Bonchev–Trinajstić information content (AvgIpc) is 3.15. The molecule has 28 heavy (non-hydrogen) atoms. The molecular formula is C22H23FN2O3. The number of carbonyl (C=O) groups is 1. The molecule has 0 aliphatic heterocycles. The van der Waals surface area contributed by atoms with Crippen molar-refractivity contribution in [1.82, 2.24) is 10.2 Å². The zero-order chi connectivity index (χ0) is 19.9. The van der Waals surface area contributed by atoms with Crippen molar-refractivity contribution in [3.05, 3.63) is 89.1 Å². The monoisotopic (exact) mass is 382 g/mol. The summed E-state index contributed by atoms with van der Waals surface area (Å²) in [5, 5.41) is 2.84. The molecule has 1 heterocycles. The molecule has 3 rings (SSSR count). The summed E-state index contributed by atoms with van der Waals surface area (Å²) < 4.78 is 23.9. The van der Waals surface area contributed by atoms with Crippen molar-refractivity contribution < 1.29 is 18.3 Å². The molecule has 0 atom stereocenters. The van der Waals surface area contributed by atoms with E-state index in [4.69, 9.17) is 9.15 Å². The lowest BCUT2D eigenvalue weighted by Crippen LogP contribution is -2.22. The van der Waals surface area contributed by atoms with Crippen LogP contribution in [0.25, 0.3) is 0 Å². The van der Waals surface area contributed by atoms with Crippen molar-refractivity contribution >= 4 is 5.91 Å². The fourth-order valence-electron chi connectivity index (χ4n) is 2.66.